The van der Waals surface area contributed by atoms with Gasteiger partial charge in [-0.25, -0.2) is 14.6 Å². The highest BCUT2D eigenvalue weighted by molar-refractivity contribution is 5.94. The zero-order valence-corrected chi connectivity index (χ0v) is 15.1. The lowest BCUT2D eigenvalue weighted by Crippen LogP contribution is -1.99. The Morgan fingerprint density at radius 3 is 2.56 bits per heavy atom. The first-order valence-electron chi connectivity index (χ1n) is 8.85. The van der Waals surface area contributed by atoms with E-state index in [9.17, 15) is 0 Å². The molecule has 130 valence electrons. The van der Waals surface area contributed by atoms with Crippen LogP contribution < -0.4 is 0 Å². The number of nitrogens with zero attached hydrogens (tertiary/aromatic N) is 5. The van der Waals surface area contributed by atoms with Crippen LogP contribution in [-0.2, 0) is 0 Å². The summed E-state index contributed by atoms with van der Waals surface area (Å²) in [4.78, 5) is 9.35. The quantitative estimate of drug-likeness (QED) is 0.465. The van der Waals surface area contributed by atoms with Crippen LogP contribution in [0.2, 0.25) is 0 Å². The molecule has 5 heteroatoms. The molecule has 2 heterocycles. The fourth-order valence-corrected chi connectivity index (χ4v) is 3.44. The second-order valence-corrected chi connectivity index (χ2v) is 6.68. The molecule has 0 saturated carbocycles. The van der Waals surface area contributed by atoms with Gasteiger partial charge < -0.3 is 0 Å². The SMILES string of the molecule is Cc1cccc(-c2nc(C)nc3ccc(-n4nnc5ccccc54)cc23)c1. The largest absolute Gasteiger partial charge is 0.233 e. The minimum absolute atomic E-state index is 0.762. The Kier molecular flexibility index (Phi) is 3.47. The zero-order valence-electron chi connectivity index (χ0n) is 15.1. The number of fused-ring (bicyclic) bond motifs is 2. The highest BCUT2D eigenvalue weighted by Gasteiger charge is 2.12. The third-order valence-electron chi connectivity index (χ3n) is 4.68. The number of rotatable bonds is 2. The van der Waals surface area contributed by atoms with Gasteiger partial charge in [0.05, 0.1) is 22.4 Å². The number of benzene rings is 3. The normalized spacial score (nSPS) is 11.3. The van der Waals surface area contributed by atoms with E-state index in [0.717, 1.165) is 44.7 Å². The van der Waals surface area contributed by atoms with Gasteiger partial charge in [0, 0.05) is 10.9 Å². The molecule has 0 N–H and O–H groups in total. The molecule has 0 unspecified atom stereocenters. The maximum Gasteiger partial charge on any atom is 0.126 e. The van der Waals surface area contributed by atoms with Gasteiger partial charge in [-0.15, -0.1) is 5.10 Å². The van der Waals surface area contributed by atoms with Crippen LogP contribution in [0.5, 0.6) is 0 Å². The van der Waals surface area contributed by atoms with Gasteiger partial charge >= 0.3 is 0 Å². The molecule has 27 heavy (non-hydrogen) atoms. The molecule has 0 radical (unpaired) electrons. The summed E-state index contributed by atoms with van der Waals surface area (Å²) in [5.74, 6) is 0.762. The standard InChI is InChI=1S/C22H17N5/c1-14-6-5-7-16(12-14)22-18-13-17(10-11-19(18)23-15(2)24-22)27-21-9-4-3-8-20(21)25-26-27/h3-13H,1-2H3. The van der Waals surface area contributed by atoms with E-state index in [2.05, 4.69) is 52.6 Å². The first-order chi connectivity index (χ1) is 13.2. The molecule has 5 nitrogen and oxygen atoms in total. The van der Waals surface area contributed by atoms with Crippen molar-refractivity contribution in [2.24, 2.45) is 0 Å². The first-order valence-corrected chi connectivity index (χ1v) is 8.85. The molecule has 0 aliphatic heterocycles. The predicted octanol–water partition coefficient (Wildman–Crippen LogP) is 4.65. The van der Waals surface area contributed by atoms with Gasteiger partial charge in [-0.2, -0.15) is 0 Å². The molecule has 3 aromatic carbocycles. The van der Waals surface area contributed by atoms with E-state index >= 15 is 0 Å². The van der Waals surface area contributed by atoms with Crippen molar-refractivity contribution in [1.82, 2.24) is 25.0 Å². The lowest BCUT2D eigenvalue weighted by Gasteiger charge is -2.10. The Labute approximate surface area is 156 Å². The average Bonchev–Trinajstić information content (AvgIpc) is 3.11. The van der Waals surface area contributed by atoms with Gasteiger partial charge in [-0.05, 0) is 50.2 Å². The molecule has 0 amide bonds. The summed E-state index contributed by atoms with van der Waals surface area (Å²) in [7, 11) is 0. The van der Waals surface area contributed by atoms with E-state index < -0.39 is 0 Å². The van der Waals surface area contributed by atoms with Crippen LogP contribution in [0.4, 0.5) is 0 Å². The lowest BCUT2D eigenvalue weighted by molar-refractivity contribution is 0.825. The van der Waals surface area contributed by atoms with Crippen molar-refractivity contribution in [2.75, 3.05) is 0 Å². The minimum Gasteiger partial charge on any atom is -0.233 e. The maximum absolute atomic E-state index is 4.74. The van der Waals surface area contributed by atoms with Gasteiger partial charge in [0.2, 0.25) is 0 Å². The lowest BCUT2D eigenvalue weighted by atomic mass is 10.0. The number of para-hydroxylation sites is 1. The molecule has 5 aromatic rings. The monoisotopic (exact) mass is 351 g/mol. The number of aryl methyl sites for hydroxylation is 2. The smallest absolute Gasteiger partial charge is 0.126 e. The predicted molar refractivity (Wildman–Crippen MR) is 107 cm³/mol. The number of hydrogen-bond acceptors (Lipinski definition) is 4. The van der Waals surface area contributed by atoms with E-state index in [1.165, 1.54) is 5.56 Å². The van der Waals surface area contributed by atoms with Crippen LogP contribution >= 0.6 is 0 Å². The minimum atomic E-state index is 0.762. The molecule has 0 aliphatic carbocycles. The van der Waals surface area contributed by atoms with E-state index in [4.69, 9.17) is 4.98 Å². The van der Waals surface area contributed by atoms with Crippen LogP contribution in [0.1, 0.15) is 11.4 Å². The van der Waals surface area contributed by atoms with Gasteiger partial charge in [-0.3, -0.25) is 0 Å². The van der Waals surface area contributed by atoms with E-state index in [0.29, 0.717) is 0 Å². The molecule has 0 fully saturated rings. The molecule has 0 aliphatic rings. The zero-order chi connectivity index (χ0) is 18.4. The average molecular weight is 351 g/mol. The Balaban J connectivity index is 1.78. The number of hydrogen-bond donors (Lipinski definition) is 0. The summed E-state index contributed by atoms with van der Waals surface area (Å²) < 4.78 is 1.86. The van der Waals surface area contributed by atoms with Crippen molar-refractivity contribution < 1.29 is 0 Å². The van der Waals surface area contributed by atoms with Gasteiger partial charge in [0.25, 0.3) is 0 Å². The Bertz CT molecular complexity index is 1300. The summed E-state index contributed by atoms with van der Waals surface area (Å²) in [6.07, 6.45) is 0. The van der Waals surface area contributed by atoms with E-state index in [-0.39, 0.29) is 0 Å². The fraction of sp³-hybridized carbons (Fsp3) is 0.0909. The highest BCUT2D eigenvalue weighted by Crippen LogP contribution is 2.29. The van der Waals surface area contributed by atoms with Crippen molar-refractivity contribution in [3.8, 4) is 16.9 Å². The highest BCUT2D eigenvalue weighted by atomic mass is 15.4. The van der Waals surface area contributed by atoms with Crippen LogP contribution in [0.25, 0.3) is 38.9 Å². The van der Waals surface area contributed by atoms with Crippen molar-refractivity contribution in [3.05, 3.63) is 78.1 Å². The molecule has 5 rings (SSSR count). The van der Waals surface area contributed by atoms with E-state index in [1.807, 2.05) is 48.0 Å². The van der Waals surface area contributed by atoms with Crippen molar-refractivity contribution in [2.45, 2.75) is 13.8 Å². The summed E-state index contributed by atoms with van der Waals surface area (Å²) in [6.45, 7) is 4.02. The van der Waals surface area contributed by atoms with Crippen molar-refractivity contribution >= 4 is 21.9 Å². The van der Waals surface area contributed by atoms with Crippen molar-refractivity contribution in [1.29, 1.82) is 0 Å². The third-order valence-corrected chi connectivity index (χ3v) is 4.68. The van der Waals surface area contributed by atoms with Gasteiger partial charge in [0.1, 0.15) is 11.3 Å². The fourth-order valence-electron chi connectivity index (χ4n) is 3.44. The molecule has 0 bridgehead atoms. The van der Waals surface area contributed by atoms with E-state index in [1.54, 1.807) is 0 Å². The number of aromatic nitrogens is 5. The summed E-state index contributed by atoms with van der Waals surface area (Å²) in [5, 5.41) is 9.60. The van der Waals surface area contributed by atoms with Crippen LogP contribution in [0, 0.1) is 13.8 Å². The molecule has 0 atom stereocenters. The summed E-state index contributed by atoms with van der Waals surface area (Å²) in [6, 6.07) is 22.5. The second kappa shape index (κ2) is 5.99. The third kappa shape index (κ3) is 2.64. The van der Waals surface area contributed by atoms with Crippen LogP contribution in [0.3, 0.4) is 0 Å². The molecular formula is C22H17N5. The molecule has 0 saturated heterocycles. The molecular weight excluding hydrogens is 334 g/mol. The summed E-state index contributed by atoms with van der Waals surface area (Å²) >= 11 is 0. The van der Waals surface area contributed by atoms with Crippen LogP contribution in [-0.4, -0.2) is 25.0 Å². The topological polar surface area (TPSA) is 56.5 Å². The Morgan fingerprint density at radius 2 is 1.67 bits per heavy atom. The molecule has 2 aromatic heterocycles. The summed E-state index contributed by atoms with van der Waals surface area (Å²) in [5.41, 5.74) is 6.94. The first kappa shape index (κ1) is 15.6. The van der Waals surface area contributed by atoms with Gasteiger partial charge in [-0.1, -0.05) is 41.1 Å². The maximum atomic E-state index is 4.74. The van der Waals surface area contributed by atoms with Crippen molar-refractivity contribution in [3.63, 3.8) is 0 Å². The second-order valence-electron chi connectivity index (χ2n) is 6.68. The Morgan fingerprint density at radius 1 is 0.778 bits per heavy atom. The Hall–Kier alpha value is -3.60. The van der Waals surface area contributed by atoms with Gasteiger partial charge in [0.15, 0.2) is 0 Å². The van der Waals surface area contributed by atoms with Crippen LogP contribution in [0.15, 0.2) is 66.7 Å². The molecule has 0 spiro atoms.